The van der Waals surface area contributed by atoms with Crippen molar-refractivity contribution in [2.45, 2.75) is 208 Å². The van der Waals surface area contributed by atoms with Gasteiger partial charge >= 0.3 is 5.97 Å². The van der Waals surface area contributed by atoms with Crippen molar-refractivity contribution in [1.29, 1.82) is 0 Å². The van der Waals surface area contributed by atoms with E-state index in [9.17, 15) is 25.2 Å². The molecule has 0 bridgehead atoms. The van der Waals surface area contributed by atoms with Gasteiger partial charge in [0, 0.05) is 18.3 Å². The molecule has 0 heterocycles. The molecule has 0 aromatic heterocycles. The number of aromatic hydroxyl groups is 4. The molecule has 0 aliphatic rings. The lowest BCUT2D eigenvalue weighted by molar-refractivity contribution is -0.144. The molecule has 4 N–H and O–H groups in total. The SMILES string of the molecule is CCCCCCCCCCCCOC(=O)CCC(C)(c1ccc(O)cc1)c1ccc(O)cc1.Cc1cc(CCCCCC(C)C)cc(Cc2cc(CCCCCC(C)C)cc(C)c2O)c1O. The molecule has 0 radical (unpaired) electrons. The average Bonchev–Trinajstić information content (AvgIpc) is 3.28. The number of carbonyl (C=O) groups is 1. The van der Waals surface area contributed by atoms with Crippen molar-refractivity contribution in [1.82, 2.24) is 0 Å². The standard InChI is InChI=1S/C31H48O2.C29H42O4/c1-22(2)13-9-7-11-15-26-17-24(5)30(32)28(19-26)21-29-20-27(18-25(6)31(29)33)16-12-8-10-14-23(3)4;1-3-4-5-6-7-8-9-10-11-12-23-33-28(32)21-22-29(2,24-13-17-26(30)18-14-24)25-15-19-27(31)20-16-25/h17-20,22-23,32-33H,7-16,21H2,1-6H3;13-20,30-31H,3-12,21-23H2,1-2H3. The van der Waals surface area contributed by atoms with Gasteiger partial charge in [0.05, 0.1) is 6.61 Å². The second-order valence-corrected chi connectivity index (χ2v) is 20.3. The normalized spacial score (nSPS) is 11.5. The van der Waals surface area contributed by atoms with Crippen LogP contribution in [0, 0.1) is 25.7 Å². The fraction of sp³-hybridized carbons (Fsp3) is 0.583. The molecule has 0 spiro atoms. The van der Waals surface area contributed by atoms with Crippen molar-refractivity contribution in [3.8, 4) is 23.0 Å². The summed E-state index contributed by atoms with van der Waals surface area (Å²) in [6, 6.07) is 22.8. The number of carbonyl (C=O) groups excluding carboxylic acids is 1. The molecular formula is C60H90O6. The molecule has 0 amide bonds. The monoisotopic (exact) mass is 907 g/mol. The van der Waals surface area contributed by atoms with Crippen molar-refractivity contribution in [2.75, 3.05) is 6.61 Å². The molecule has 4 aromatic carbocycles. The third-order valence-electron chi connectivity index (χ3n) is 13.4. The number of esters is 1. The summed E-state index contributed by atoms with van der Waals surface area (Å²) in [5.74, 6) is 2.54. The van der Waals surface area contributed by atoms with Crippen LogP contribution in [-0.4, -0.2) is 33.0 Å². The third-order valence-corrected chi connectivity index (χ3v) is 13.4. The van der Waals surface area contributed by atoms with E-state index in [0.717, 1.165) is 70.9 Å². The summed E-state index contributed by atoms with van der Waals surface area (Å²) in [6.07, 6.45) is 26.2. The molecule has 366 valence electrons. The van der Waals surface area contributed by atoms with E-state index in [4.69, 9.17) is 4.74 Å². The van der Waals surface area contributed by atoms with E-state index in [1.54, 1.807) is 24.3 Å². The first-order chi connectivity index (χ1) is 31.6. The van der Waals surface area contributed by atoms with E-state index in [1.807, 2.05) is 38.1 Å². The summed E-state index contributed by atoms with van der Waals surface area (Å²) in [7, 11) is 0. The van der Waals surface area contributed by atoms with Gasteiger partial charge in [0.15, 0.2) is 0 Å². The Balaban J connectivity index is 0.000000350. The van der Waals surface area contributed by atoms with E-state index < -0.39 is 5.41 Å². The molecule has 4 aromatic rings. The average molecular weight is 907 g/mol. The van der Waals surface area contributed by atoms with Crippen LogP contribution in [-0.2, 0) is 34.2 Å². The number of unbranched alkanes of at least 4 members (excludes halogenated alkanes) is 13. The summed E-state index contributed by atoms with van der Waals surface area (Å²) in [4.78, 5) is 12.4. The van der Waals surface area contributed by atoms with Crippen LogP contribution in [0.5, 0.6) is 23.0 Å². The Kier molecular flexibility index (Phi) is 26.0. The van der Waals surface area contributed by atoms with E-state index in [2.05, 4.69) is 65.8 Å². The zero-order valence-corrected chi connectivity index (χ0v) is 42.7. The summed E-state index contributed by atoms with van der Waals surface area (Å²) in [5.41, 5.74) is 7.89. The molecule has 0 saturated carbocycles. The highest BCUT2D eigenvalue weighted by atomic mass is 16.5. The van der Waals surface area contributed by atoms with Gasteiger partial charge in [-0.3, -0.25) is 4.79 Å². The van der Waals surface area contributed by atoms with Crippen molar-refractivity contribution >= 4 is 5.97 Å². The number of ether oxygens (including phenoxy) is 1. The molecule has 0 saturated heterocycles. The van der Waals surface area contributed by atoms with Gasteiger partial charge < -0.3 is 25.2 Å². The zero-order chi connectivity index (χ0) is 48.3. The van der Waals surface area contributed by atoms with Crippen molar-refractivity contribution in [3.05, 3.63) is 117 Å². The van der Waals surface area contributed by atoms with Crippen LogP contribution < -0.4 is 0 Å². The van der Waals surface area contributed by atoms with Crippen molar-refractivity contribution in [2.24, 2.45) is 11.8 Å². The molecule has 0 aliphatic carbocycles. The summed E-state index contributed by atoms with van der Waals surface area (Å²) < 4.78 is 5.50. The van der Waals surface area contributed by atoms with E-state index >= 15 is 0 Å². The lowest BCUT2D eigenvalue weighted by Gasteiger charge is -2.31. The van der Waals surface area contributed by atoms with Gasteiger partial charge in [0.2, 0.25) is 0 Å². The molecule has 66 heavy (non-hydrogen) atoms. The Hall–Kier alpha value is -4.45. The van der Waals surface area contributed by atoms with Crippen molar-refractivity contribution in [3.63, 3.8) is 0 Å². The van der Waals surface area contributed by atoms with Gasteiger partial charge in [-0.25, -0.2) is 0 Å². The Morgan fingerprint density at radius 2 is 0.939 bits per heavy atom. The van der Waals surface area contributed by atoms with Crippen LogP contribution in [0.25, 0.3) is 0 Å². The van der Waals surface area contributed by atoms with Gasteiger partial charge in [0.25, 0.3) is 0 Å². The van der Waals surface area contributed by atoms with Crippen molar-refractivity contribution < 1.29 is 30.0 Å². The van der Waals surface area contributed by atoms with Crippen LogP contribution in [0.15, 0.2) is 72.8 Å². The number of rotatable bonds is 30. The number of phenols is 4. The van der Waals surface area contributed by atoms with Crippen LogP contribution in [0.2, 0.25) is 0 Å². The largest absolute Gasteiger partial charge is 0.508 e. The summed E-state index contributed by atoms with van der Waals surface area (Å²) in [5, 5.41) is 40.8. The summed E-state index contributed by atoms with van der Waals surface area (Å²) in [6.45, 7) is 17.9. The predicted octanol–water partition coefficient (Wildman–Crippen LogP) is 16.5. The van der Waals surface area contributed by atoms with E-state index in [-0.39, 0.29) is 17.5 Å². The quantitative estimate of drug-likeness (QED) is 0.0307. The van der Waals surface area contributed by atoms with E-state index in [1.165, 1.54) is 114 Å². The van der Waals surface area contributed by atoms with Crippen LogP contribution >= 0.6 is 0 Å². The van der Waals surface area contributed by atoms with Gasteiger partial charge in [-0.15, -0.1) is 0 Å². The highest BCUT2D eigenvalue weighted by Gasteiger charge is 2.30. The Morgan fingerprint density at radius 3 is 1.35 bits per heavy atom. The van der Waals surface area contributed by atoms with Gasteiger partial charge in [-0.05, 0) is 133 Å². The predicted molar refractivity (Wildman–Crippen MR) is 277 cm³/mol. The molecule has 0 aliphatic heterocycles. The lowest BCUT2D eigenvalue weighted by Crippen LogP contribution is -2.25. The van der Waals surface area contributed by atoms with Gasteiger partial charge in [0.1, 0.15) is 23.0 Å². The molecule has 0 fully saturated rings. The highest BCUT2D eigenvalue weighted by Crippen LogP contribution is 2.38. The Labute approximate surface area is 401 Å². The number of benzene rings is 4. The maximum atomic E-state index is 12.4. The minimum absolute atomic E-state index is 0.172. The minimum Gasteiger partial charge on any atom is -0.508 e. The topological polar surface area (TPSA) is 107 Å². The Bertz CT molecular complexity index is 1830. The molecule has 6 heteroatoms. The first-order valence-corrected chi connectivity index (χ1v) is 26.0. The molecule has 0 atom stereocenters. The highest BCUT2D eigenvalue weighted by molar-refractivity contribution is 5.69. The zero-order valence-electron chi connectivity index (χ0n) is 42.7. The smallest absolute Gasteiger partial charge is 0.305 e. The maximum Gasteiger partial charge on any atom is 0.305 e. The maximum absolute atomic E-state index is 12.4. The first kappa shape index (κ1) is 55.9. The number of hydrogen-bond donors (Lipinski definition) is 4. The minimum atomic E-state index is -0.433. The lowest BCUT2D eigenvalue weighted by atomic mass is 9.73. The first-order valence-electron chi connectivity index (χ1n) is 26.0. The van der Waals surface area contributed by atoms with Gasteiger partial charge in [-0.1, -0.05) is 186 Å². The second kappa shape index (κ2) is 30.8. The van der Waals surface area contributed by atoms with Gasteiger partial charge in [-0.2, -0.15) is 0 Å². The molecule has 0 unspecified atom stereocenters. The third kappa shape index (κ3) is 21.0. The second-order valence-electron chi connectivity index (χ2n) is 20.3. The fourth-order valence-electron chi connectivity index (χ4n) is 9.06. The number of hydrogen-bond acceptors (Lipinski definition) is 6. The van der Waals surface area contributed by atoms with E-state index in [0.29, 0.717) is 37.4 Å². The van der Waals surface area contributed by atoms with Crippen LogP contribution in [0.3, 0.4) is 0 Å². The van der Waals surface area contributed by atoms with Crippen LogP contribution in [0.1, 0.15) is 214 Å². The number of phenolic OH excluding ortho intramolecular Hbond substituents is 4. The molecular weight excluding hydrogens is 817 g/mol. The Morgan fingerprint density at radius 1 is 0.545 bits per heavy atom. The molecule has 6 nitrogen and oxygen atoms in total. The molecule has 4 rings (SSSR count). The number of aryl methyl sites for hydroxylation is 4. The van der Waals surface area contributed by atoms with Crippen LogP contribution in [0.4, 0.5) is 0 Å². The fourth-order valence-corrected chi connectivity index (χ4v) is 9.06. The summed E-state index contributed by atoms with van der Waals surface area (Å²) >= 11 is 0.